The molecule has 0 radical (unpaired) electrons. The fourth-order valence-electron chi connectivity index (χ4n) is 2.40. The lowest BCUT2D eigenvalue weighted by atomic mass is 9.96. The number of carbonyl (C=O) groups excluding carboxylic acids is 1. The van der Waals surface area contributed by atoms with Crippen molar-refractivity contribution in [3.63, 3.8) is 0 Å². The first-order valence-electron chi connectivity index (χ1n) is 6.85. The van der Waals surface area contributed by atoms with Gasteiger partial charge in [0.05, 0.1) is 0 Å². The van der Waals surface area contributed by atoms with E-state index in [0.29, 0.717) is 24.4 Å². The Bertz CT molecular complexity index is 451. The largest absolute Gasteiger partial charge is 0.352 e. The van der Waals surface area contributed by atoms with Crippen LogP contribution in [0.3, 0.4) is 0 Å². The van der Waals surface area contributed by atoms with E-state index in [-0.39, 0.29) is 36.1 Å². The summed E-state index contributed by atoms with van der Waals surface area (Å²) in [5, 5.41) is 2.96. The monoisotopic (exact) mass is 300 g/mol. The Morgan fingerprint density at radius 3 is 2.65 bits per heavy atom. The molecule has 0 bridgehead atoms. The molecule has 2 unspecified atom stereocenters. The van der Waals surface area contributed by atoms with Crippen LogP contribution in [0.4, 0.5) is 4.39 Å². The number of carbonyl (C=O) groups is 1. The quantitative estimate of drug-likeness (QED) is 0.848. The van der Waals surface area contributed by atoms with Crippen molar-refractivity contribution in [2.24, 2.45) is 11.7 Å². The van der Waals surface area contributed by atoms with Crippen LogP contribution in [-0.2, 0) is 4.79 Å². The van der Waals surface area contributed by atoms with Crippen molar-refractivity contribution < 1.29 is 9.18 Å². The standard InChI is InChI=1S/C15H21FN2O.ClH/c1-10(12-4-2-3-5-13(12)16)8-15(19)18-14(9-17)11-6-7-11;/h2-5,10-11,14H,6-9,17H2,1H3,(H,18,19);1H. The highest BCUT2D eigenvalue weighted by atomic mass is 35.5. The van der Waals surface area contributed by atoms with E-state index in [1.54, 1.807) is 18.2 Å². The summed E-state index contributed by atoms with van der Waals surface area (Å²) in [6.45, 7) is 2.34. The summed E-state index contributed by atoms with van der Waals surface area (Å²) in [4.78, 5) is 12.0. The minimum atomic E-state index is -0.250. The molecular weight excluding hydrogens is 279 g/mol. The van der Waals surface area contributed by atoms with Gasteiger partial charge in [-0.3, -0.25) is 4.79 Å². The van der Waals surface area contributed by atoms with Gasteiger partial charge in [0.2, 0.25) is 5.91 Å². The van der Waals surface area contributed by atoms with Crippen LogP contribution < -0.4 is 11.1 Å². The zero-order chi connectivity index (χ0) is 13.8. The van der Waals surface area contributed by atoms with Gasteiger partial charge in [0, 0.05) is 19.0 Å². The third-order valence-corrected chi connectivity index (χ3v) is 3.72. The summed E-state index contributed by atoms with van der Waals surface area (Å²) in [7, 11) is 0. The lowest BCUT2D eigenvalue weighted by Gasteiger charge is -2.18. The average molecular weight is 301 g/mol. The highest BCUT2D eigenvalue weighted by molar-refractivity contribution is 5.85. The van der Waals surface area contributed by atoms with Gasteiger partial charge in [0.1, 0.15) is 5.82 Å². The zero-order valence-corrected chi connectivity index (χ0v) is 12.5. The number of nitrogens with one attached hydrogen (secondary N) is 1. The Balaban J connectivity index is 0.00000200. The summed E-state index contributed by atoms with van der Waals surface area (Å²) in [5.41, 5.74) is 6.24. The second-order valence-corrected chi connectivity index (χ2v) is 5.37. The topological polar surface area (TPSA) is 55.1 Å². The number of hydrogen-bond acceptors (Lipinski definition) is 2. The number of rotatable bonds is 6. The van der Waals surface area contributed by atoms with E-state index >= 15 is 0 Å². The van der Waals surface area contributed by atoms with Gasteiger partial charge in [0.25, 0.3) is 0 Å². The SMILES string of the molecule is CC(CC(=O)NC(CN)C1CC1)c1ccccc1F.Cl. The van der Waals surface area contributed by atoms with Crippen molar-refractivity contribution in [3.05, 3.63) is 35.6 Å². The molecule has 20 heavy (non-hydrogen) atoms. The van der Waals surface area contributed by atoms with E-state index < -0.39 is 0 Å². The van der Waals surface area contributed by atoms with Crippen LogP contribution in [0.1, 0.15) is 37.7 Å². The van der Waals surface area contributed by atoms with Crippen LogP contribution in [-0.4, -0.2) is 18.5 Å². The smallest absolute Gasteiger partial charge is 0.220 e. The molecular formula is C15H22ClFN2O. The molecule has 1 saturated carbocycles. The van der Waals surface area contributed by atoms with E-state index in [2.05, 4.69) is 5.32 Å². The first-order valence-corrected chi connectivity index (χ1v) is 6.85. The number of amides is 1. The molecule has 1 fully saturated rings. The molecule has 0 saturated heterocycles. The van der Waals surface area contributed by atoms with Gasteiger partial charge in [-0.15, -0.1) is 12.4 Å². The molecule has 0 aromatic heterocycles. The van der Waals surface area contributed by atoms with E-state index in [0.717, 1.165) is 12.8 Å². The lowest BCUT2D eigenvalue weighted by Crippen LogP contribution is -2.42. The van der Waals surface area contributed by atoms with Crippen molar-refractivity contribution in [2.45, 2.75) is 38.1 Å². The van der Waals surface area contributed by atoms with Crippen molar-refractivity contribution in [1.82, 2.24) is 5.32 Å². The zero-order valence-electron chi connectivity index (χ0n) is 11.6. The molecule has 5 heteroatoms. The Hall–Kier alpha value is -1.13. The number of benzene rings is 1. The van der Waals surface area contributed by atoms with E-state index in [4.69, 9.17) is 5.73 Å². The Kier molecular flexibility index (Phi) is 6.43. The molecule has 1 amide bonds. The third-order valence-electron chi connectivity index (χ3n) is 3.72. The predicted molar refractivity (Wildman–Crippen MR) is 80.4 cm³/mol. The maximum atomic E-state index is 13.6. The fourth-order valence-corrected chi connectivity index (χ4v) is 2.40. The molecule has 2 rings (SSSR count). The summed E-state index contributed by atoms with van der Waals surface area (Å²) in [5.74, 6) is 0.120. The summed E-state index contributed by atoms with van der Waals surface area (Å²) >= 11 is 0. The normalized spacial score (nSPS) is 16.9. The molecule has 112 valence electrons. The Morgan fingerprint density at radius 2 is 2.10 bits per heavy atom. The van der Waals surface area contributed by atoms with Crippen LogP contribution in [0.5, 0.6) is 0 Å². The number of nitrogens with two attached hydrogens (primary N) is 1. The molecule has 1 aromatic rings. The van der Waals surface area contributed by atoms with Crippen LogP contribution in [0.2, 0.25) is 0 Å². The van der Waals surface area contributed by atoms with Crippen molar-refractivity contribution in [3.8, 4) is 0 Å². The van der Waals surface area contributed by atoms with Gasteiger partial charge in [0.15, 0.2) is 0 Å². The molecule has 3 nitrogen and oxygen atoms in total. The van der Waals surface area contributed by atoms with Gasteiger partial charge in [-0.05, 0) is 36.3 Å². The van der Waals surface area contributed by atoms with Crippen molar-refractivity contribution >= 4 is 18.3 Å². The van der Waals surface area contributed by atoms with Gasteiger partial charge in [-0.1, -0.05) is 25.1 Å². The lowest BCUT2D eigenvalue weighted by molar-refractivity contribution is -0.122. The molecule has 1 aliphatic rings. The predicted octanol–water partition coefficient (Wildman–Crippen LogP) is 2.59. The maximum Gasteiger partial charge on any atom is 0.220 e. The minimum absolute atomic E-state index is 0. The van der Waals surface area contributed by atoms with Crippen LogP contribution in [0.25, 0.3) is 0 Å². The van der Waals surface area contributed by atoms with E-state index in [1.165, 1.54) is 6.07 Å². The van der Waals surface area contributed by atoms with Crippen LogP contribution in [0.15, 0.2) is 24.3 Å². The van der Waals surface area contributed by atoms with Crippen molar-refractivity contribution in [1.29, 1.82) is 0 Å². The maximum absolute atomic E-state index is 13.6. The average Bonchev–Trinajstić information content (AvgIpc) is 3.20. The minimum Gasteiger partial charge on any atom is -0.352 e. The molecule has 3 N–H and O–H groups in total. The molecule has 2 atom stereocenters. The van der Waals surface area contributed by atoms with Crippen LogP contribution in [0, 0.1) is 11.7 Å². The third kappa shape index (κ3) is 4.46. The van der Waals surface area contributed by atoms with Gasteiger partial charge in [-0.25, -0.2) is 4.39 Å². The summed E-state index contributed by atoms with van der Waals surface area (Å²) < 4.78 is 13.6. The molecule has 0 aliphatic heterocycles. The molecule has 0 heterocycles. The second-order valence-electron chi connectivity index (χ2n) is 5.37. The number of hydrogen-bond donors (Lipinski definition) is 2. The first-order chi connectivity index (χ1) is 9.11. The second kappa shape index (κ2) is 7.60. The van der Waals surface area contributed by atoms with E-state index in [1.807, 2.05) is 6.92 Å². The Morgan fingerprint density at radius 1 is 1.45 bits per heavy atom. The first kappa shape index (κ1) is 16.9. The van der Waals surface area contributed by atoms with Gasteiger partial charge in [-0.2, -0.15) is 0 Å². The fraction of sp³-hybridized carbons (Fsp3) is 0.533. The molecule has 0 spiro atoms. The van der Waals surface area contributed by atoms with Crippen molar-refractivity contribution in [2.75, 3.05) is 6.54 Å². The highest BCUT2D eigenvalue weighted by Crippen LogP contribution is 2.32. The summed E-state index contributed by atoms with van der Waals surface area (Å²) in [6.07, 6.45) is 2.58. The Labute approximate surface area is 125 Å². The number of halogens is 2. The van der Waals surface area contributed by atoms with Crippen LogP contribution >= 0.6 is 12.4 Å². The van der Waals surface area contributed by atoms with Gasteiger partial charge >= 0.3 is 0 Å². The molecule has 1 aromatic carbocycles. The highest BCUT2D eigenvalue weighted by Gasteiger charge is 2.31. The molecule has 1 aliphatic carbocycles. The summed E-state index contributed by atoms with van der Waals surface area (Å²) in [6, 6.07) is 6.69. The van der Waals surface area contributed by atoms with E-state index in [9.17, 15) is 9.18 Å². The van der Waals surface area contributed by atoms with Gasteiger partial charge < -0.3 is 11.1 Å².